The van der Waals surface area contributed by atoms with Gasteiger partial charge in [-0.2, -0.15) is 0 Å². The molecule has 1 fully saturated rings. The number of benzene rings is 2. The van der Waals surface area contributed by atoms with Crippen LogP contribution in [-0.4, -0.2) is 62.3 Å². The Labute approximate surface area is 233 Å². The maximum absolute atomic E-state index is 14.8. The van der Waals surface area contributed by atoms with Gasteiger partial charge in [-0.3, -0.25) is 4.79 Å². The van der Waals surface area contributed by atoms with E-state index in [9.17, 15) is 9.18 Å². The number of hydrogen-bond acceptors (Lipinski definition) is 7. The summed E-state index contributed by atoms with van der Waals surface area (Å²) in [5.74, 6) is -0.198. The first-order valence-electron chi connectivity index (χ1n) is 12.8. The molecule has 5 aromatic rings. The molecule has 3 aromatic heterocycles. The molecule has 1 aliphatic rings. The first kappa shape index (κ1) is 25.4. The van der Waals surface area contributed by atoms with Crippen molar-refractivity contribution in [3.05, 3.63) is 81.2 Å². The van der Waals surface area contributed by atoms with Crippen LogP contribution in [0.15, 0.2) is 64.3 Å². The molecule has 0 spiro atoms. The van der Waals surface area contributed by atoms with Crippen LogP contribution in [0.4, 0.5) is 21.7 Å². The first-order valence-corrected chi connectivity index (χ1v) is 13.6. The quantitative estimate of drug-likeness (QED) is 0.311. The molecule has 0 atom stereocenters. The highest BCUT2D eigenvalue weighted by Gasteiger charge is 2.22. The number of nitrogens with zero attached hydrogens (tertiary/aromatic N) is 7. The molecule has 39 heavy (non-hydrogen) atoms. The molecule has 0 radical (unpaired) electrons. The number of fused-ring (bicyclic) bond motifs is 3. The van der Waals surface area contributed by atoms with Crippen LogP contribution in [0.3, 0.4) is 0 Å². The minimum atomic E-state index is -0.541. The normalized spacial score (nSPS) is 14.6. The average Bonchev–Trinajstić information content (AvgIpc) is 3.40. The first-order chi connectivity index (χ1) is 18.8. The van der Waals surface area contributed by atoms with Crippen LogP contribution in [-0.2, 0) is 0 Å². The molecule has 1 N–H and O–H groups in total. The van der Waals surface area contributed by atoms with Crippen molar-refractivity contribution in [3.63, 3.8) is 0 Å². The number of anilines is 3. The van der Waals surface area contributed by atoms with Crippen LogP contribution in [0.1, 0.15) is 18.4 Å². The number of piperidine rings is 1. The highest BCUT2D eigenvalue weighted by molar-refractivity contribution is 9.10. The van der Waals surface area contributed by atoms with Gasteiger partial charge in [0.1, 0.15) is 17.0 Å². The largest absolute Gasteiger partial charge is 0.371 e. The van der Waals surface area contributed by atoms with Gasteiger partial charge < -0.3 is 15.1 Å². The molecule has 6 rings (SSSR count). The lowest BCUT2D eigenvalue weighted by Gasteiger charge is -2.37. The molecule has 0 unspecified atom stereocenters. The van der Waals surface area contributed by atoms with E-state index < -0.39 is 11.4 Å². The van der Waals surface area contributed by atoms with Crippen LogP contribution in [0.5, 0.6) is 0 Å². The zero-order chi connectivity index (χ0) is 27.3. The molecule has 11 heteroatoms. The van der Waals surface area contributed by atoms with E-state index in [1.54, 1.807) is 24.5 Å². The lowest BCUT2D eigenvalue weighted by Crippen LogP contribution is -2.42. The Kier molecular flexibility index (Phi) is 6.56. The Morgan fingerprint density at radius 3 is 2.64 bits per heavy atom. The van der Waals surface area contributed by atoms with Crippen LogP contribution < -0.4 is 15.8 Å². The molecular formula is C28H28BrFN8O. The molecule has 4 heterocycles. The summed E-state index contributed by atoms with van der Waals surface area (Å²) in [6.45, 7) is 4.17. The summed E-state index contributed by atoms with van der Waals surface area (Å²) < 4.78 is 18.0. The molecule has 2 aromatic carbocycles. The number of para-hydroxylation sites is 1. The lowest BCUT2D eigenvalue weighted by atomic mass is 10.0. The van der Waals surface area contributed by atoms with Gasteiger partial charge in [-0.05, 0) is 85.7 Å². The van der Waals surface area contributed by atoms with Crippen LogP contribution in [0.25, 0.3) is 22.2 Å². The van der Waals surface area contributed by atoms with Crippen LogP contribution in [0.2, 0.25) is 0 Å². The number of hydrogen-bond donors (Lipinski definition) is 1. The van der Waals surface area contributed by atoms with E-state index in [2.05, 4.69) is 79.2 Å². The zero-order valence-electron chi connectivity index (χ0n) is 21.9. The number of aromatic nitrogens is 5. The van der Waals surface area contributed by atoms with E-state index in [0.29, 0.717) is 27.6 Å². The van der Waals surface area contributed by atoms with E-state index in [0.717, 1.165) is 37.2 Å². The summed E-state index contributed by atoms with van der Waals surface area (Å²) in [4.78, 5) is 31.7. The van der Waals surface area contributed by atoms with Crippen molar-refractivity contribution in [2.45, 2.75) is 25.8 Å². The summed E-state index contributed by atoms with van der Waals surface area (Å²) in [5.41, 5.74) is 3.68. The second kappa shape index (κ2) is 10.0. The van der Waals surface area contributed by atoms with Gasteiger partial charge in [0.25, 0.3) is 5.56 Å². The highest BCUT2D eigenvalue weighted by Crippen LogP contribution is 2.29. The third kappa shape index (κ3) is 4.55. The van der Waals surface area contributed by atoms with Gasteiger partial charge in [0.2, 0.25) is 5.95 Å². The third-order valence-corrected chi connectivity index (χ3v) is 8.04. The molecular weight excluding hydrogens is 563 g/mol. The lowest BCUT2D eigenvalue weighted by molar-refractivity contribution is 0.249. The smallest absolute Gasteiger partial charge is 0.281 e. The third-order valence-electron chi connectivity index (χ3n) is 7.40. The summed E-state index contributed by atoms with van der Waals surface area (Å²) in [7, 11) is 4.30. The van der Waals surface area contributed by atoms with Crippen molar-refractivity contribution < 1.29 is 4.39 Å². The predicted octanol–water partition coefficient (Wildman–Crippen LogP) is 4.91. The van der Waals surface area contributed by atoms with E-state index in [1.807, 2.05) is 6.07 Å². The summed E-state index contributed by atoms with van der Waals surface area (Å²) in [5, 5.41) is 3.51. The zero-order valence-corrected chi connectivity index (χ0v) is 23.5. The minimum absolute atomic E-state index is 0.0936. The Hall–Kier alpha value is -3.83. The predicted molar refractivity (Wildman–Crippen MR) is 155 cm³/mol. The van der Waals surface area contributed by atoms with E-state index in [4.69, 9.17) is 0 Å². The van der Waals surface area contributed by atoms with Crippen molar-refractivity contribution >= 4 is 49.8 Å². The van der Waals surface area contributed by atoms with E-state index >= 15 is 0 Å². The fourth-order valence-electron chi connectivity index (χ4n) is 5.35. The Bertz CT molecular complexity index is 1740. The molecule has 0 saturated carbocycles. The number of nitrogens with one attached hydrogen (secondary N) is 1. The minimum Gasteiger partial charge on any atom is -0.371 e. The number of imidazole rings is 1. The number of halogens is 2. The molecule has 0 bridgehead atoms. The van der Waals surface area contributed by atoms with Gasteiger partial charge in [0.05, 0.1) is 5.39 Å². The molecule has 9 nitrogen and oxygen atoms in total. The number of aryl methyl sites for hydroxylation is 1. The molecule has 1 aliphatic heterocycles. The van der Waals surface area contributed by atoms with Crippen molar-refractivity contribution in [3.8, 4) is 5.69 Å². The SMILES string of the molecule is Cc1cc(Nc2ncc3c(=O)n(-c4c(F)cccc4Br)n4ccnc4c3n2)ccc1N1CCC(N(C)C)CC1. The summed E-state index contributed by atoms with van der Waals surface area (Å²) >= 11 is 3.37. The van der Waals surface area contributed by atoms with Gasteiger partial charge in [-0.1, -0.05) is 6.07 Å². The average molecular weight is 591 g/mol. The Morgan fingerprint density at radius 1 is 1.13 bits per heavy atom. The summed E-state index contributed by atoms with van der Waals surface area (Å²) in [6.07, 6.45) is 6.92. The van der Waals surface area contributed by atoms with Gasteiger partial charge in [-0.25, -0.2) is 28.5 Å². The van der Waals surface area contributed by atoms with Gasteiger partial charge in [0, 0.05) is 53.6 Å². The van der Waals surface area contributed by atoms with Crippen LogP contribution >= 0.6 is 15.9 Å². The molecule has 200 valence electrons. The van der Waals surface area contributed by atoms with Crippen molar-refractivity contribution in [1.29, 1.82) is 0 Å². The maximum atomic E-state index is 14.8. The van der Waals surface area contributed by atoms with Gasteiger partial charge >= 0.3 is 0 Å². The molecule has 0 amide bonds. The van der Waals surface area contributed by atoms with E-state index in [1.165, 1.54) is 27.1 Å². The Morgan fingerprint density at radius 2 is 1.92 bits per heavy atom. The van der Waals surface area contributed by atoms with Crippen molar-refractivity contribution in [2.24, 2.45) is 0 Å². The van der Waals surface area contributed by atoms with Crippen molar-refractivity contribution in [2.75, 3.05) is 37.4 Å². The monoisotopic (exact) mass is 590 g/mol. The Balaban J connectivity index is 1.33. The molecule has 0 aliphatic carbocycles. The standard InChI is InChI=1S/C28H28BrFN8O/c1-17-15-18(7-8-23(17)36-12-9-19(10-13-36)35(2)3)33-28-32-16-20-24(34-28)26-31-11-14-37(26)38(27(20)39)25-21(29)5-4-6-22(25)30/h4-8,11,14-16,19H,9-10,12-13H2,1-3H3,(H,32,33,34). The second-order valence-corrected chi connectivity index (χ2v) is 10.9. The topological polar surface area (TPSA) is 83.6 Å². The highest BCUT2D eigenvalue weighted by atomic mass is 79.9. The van der Waals surface area contributed by atoms with Gasteiger partial charge in [0.15, 0.2) is 5.65 Å². The summed E-state index contributed by atoms with van der Waals surface area (Å²) in [6, 6.07) is 11.4. The molecule has 1 saturated heterocycles. The fourth-order valence-corrected chi connectivity index (χ4v) is 5.86. The second-order valence-electron chi connectivity index (χ2n) is 10.0. The van der Waals surface area contributed by atoms with E-state index in [-0.39, 0.29) is 11.1 Å². The number of rotatable bonds is 5. The maximum Gasteiger partial charge on any atom is 0.281 e. The van der Waals surface area contributed by atoms with Gasteiger partial charge in [-0.15, -0.1) is 0 Å². The van der Waals surface area contributed by atoms with Crippen LogP contribution in [0, 0.1) is 12.7 Å². The fraction of sp³-hybridized carbons (Fsp3) is 0.286. The van der Waals surface area contributed by atoms with Crippen molar-refractivity contribution in [1.82, 2.24) is 29.0 Å².